The molecule has 0 spiro atoms. The van der Waals surface area contributed by atoms with Gasteiger partial charge in [0.15, 0.2) is 5.82 Å². The number of H-pyrrole nitrogens is 1. The third-order valence-corrected chi connectivity index (χ3v) is 9.02. The molecule has 3 aliphatic carbocycles. The number of carboxylic acid groups (broad SMARTS) is 1. The van der Waals surface area contributed by atoms with Crippen molar-refractivity contribution in [2.75, 3.05) is 13.1 Å². The number of likely N-dealkylation sites (tertiary alicyclic amines) is 1. The Balaban J connectivity index is 1.19. The summed E-state index contributed by atoms with van der Waals surface area (Å²) in [6.07, 6.45) is 9.34. The Hall–Kier alpha value is -2.71. The first-order valence-electron chi connectivity index (χ1n) is 12.3. The van der Waals surface area contributed by atoms with Crippen LogP contribution < -0.4 is 5.32 Å². The first-order valence-corrected chi connectivity index (χ1v) is 12.3. The van der Waals surface area contributed by atoms with Crippen LogP contribution >= 0.6 is 0 Å². The number of hydrogen-bond acceptors (Lipinski definition) is 3. The lowest BCUT2D eigenvalue weighted by molar-refractivity contribution is -0.140. The predicted octanol–water partition coefficient (Wildman–Crippen LogP) is 4.93. The fraction of sp³-hybridized carbons (Fsp3) is 0.640. The zero-order chi connectivity index (χ0) is 24.1. The molecule has 3 N–H and O–H groups in total. The van der Waals surface area contributed by atoms with Gasteiger partial charge in [0.2, 0.25) is 0 Å². The molecule has 7 nitrogen and oxygen atoms in total. The topological polar surface area (TPSA) is 98.3 Å². The Bertz CT molecular complexity index is 1080. The van der Waals surface area contributed by atoms with Crippen molar-refractivity contribution in [3.63, 3.8) is 0 Å². The molecular formula is C25H32F2N4O3. The Morgan fingerprint density at radius 3 is 2.44 bits per heavy atom. The number of fused-ring (bicyclic) bond motifs is 4. The van der Waals surface area contributed by atoms with Crippen LogP contribution in [0.5, 0.6) is 0 Å². The second-order valence-electron chi connectivity index (χ2n) is 10.7. The number of amides is 2. The van der Waals surface area contributed by atoms with E-state index >= 15 is 0 Å². The van der Waals surface area contributed by atoms with Gasteiger partial charge >= 0.3 is 12.0 Å². The highest BCUT2D eigenvalue weighted by Crippen LogP contribution is 2.56. The molecule has 2 bridgehead atoms. The second kappa shape index (κ2) is 8.50. The summed E-state index contributed by atoms with van der Waals surface area (Å²) in [4.78, 5) is 33.0. The van der Waals surface area contributed by atoms with E-state index in [0.717, 1.165) is 50.9 Å². The Kier molecular flexibility index (Phi) is 5.76. The number of hydrogen-bond donors (Lipinski definition) is 3. The summed E-state index contributed by atoms with van der Waals surface area (Å²) in [5.74, 6) is -1.69. The molecule has 6 rings (SSSR count). The zero-order valence-electron chi connectivity index (χ0n) is 19.5. The molecule has 184 valence electrons. The molecule has 3 saturated carbocycles. The molecule has 4 fully saturated rings. The van der Waals surface area contributed by atoms with E-state index in [-0.39, 0.29) is 46.1 Å². The van der Waals surface area contributed by atoms with Gasteiger partial charge in [-0.2, -0.15) is 0 Å². The maximum absolute atomic E-state index is 14.3. The van der Waals surface area contributed by atoms with Gasteiger partial charge in [-0.25, -0.2) is 13.6 Å². The van der Waals surface area contributed by atoms with Crippen LogP contribution in [0.2, 0.25) is 0 Å². The van der Waals surface area contributed by atoms with Gasteiger partial charge in [0.1, 0.15) is 5.82 Å². The highest BCUT2D eigenvalue weighted by molar-refractivity contribution is 5.83. The number of aromatic nitrogens is 2. The Morgan fingerprint density at radius 1 is 1.18 bits per heavy atom. The van der Waals surface area contributed by atoms with Crippen molar-refractivity contribution in [3.8, 4) is 0 Å². The van der Waals surface area contributed by atoms with Gasteiger partial charge in [0, 0.05) is 37.2 Å². The van der Waals surface area contributed by atoms with E-state index in [1.807, 2.05) is 4.90 Å². The van der Waals surface area contributed by atoms with Crippen LogP contribution in [0, 0.1) is 23.0 Å². The largest absolute Gasteiger partial charge is 0.481 e. The first-order chi connectivity index (χ1) is 16.2. The lowest BCUT2D eigenvalue weighted by Crippen LogP contribution is -2.60. The number of urea groups is 1. The molecule has 2 aromatic rings. The van der Waals surface area contributed by atoms with Crippen LogP contribution in [0.25, 0.3) is 10.9 Å². The lowest BCUT2D eigenvalue weighted by atomic mass is 9.53. The van der Waals surface area contributed by atoms with Crippen LogP contribution in [0.15, 0.2) is 12.4 Å². The van der Waals surface area contributed by atoms with Gasteiger partial charge in [-0.05, 0) is 62.7 Å². The van der Waals surface area contributed by atoms with Crippen molar-refractivity contribution in [3.05, 3.63) is 29.7 Å². The van der Waals surface area contributed by atoms with Gasteiger partial charge in [-0.3, -0.25) is 9.78 Å². The van der Waals surface area contributed by atoms with Crippen molar-refractivity contribution < 1.29 is 23.5 Å². The smallest absolute Gasteiger partial charge is 0.317 e. The van der Waals surface area contributed by atoms with Crippen molar-refractivity contribution >= 4 is 22.9 Å². The number of piperidine rings is 1. The van der Waals surface area contributed by atoms with Gasteiger partial charge in [0.05, 0.1) is 22.8 Å². The Morgan fingerprint density at radius 2 is 1.82 bits per heavy atom. The maximum Gasteiger partial charge on any atom is 0.317 e. The first kappa shape index (κ1) is 23.1. The van der Waals surface area contributed by atoms with E-state index < -0.39 is 17.6 Å². The van der Waals surface area contributed by atoms with Crippen LogP contribution in [0.1, 0.15) is 76.3 Å². The fourth-order valence-electron chi connectivity index (χ4n) is 6.68. The molecule has 9 heteroatoms. The van der Waals surface area contributed by atoms with E-state index in [1.54, 1.807) is 0 Å². The summed E-state index contributed by atoms with van der Waals surface area (Å²) >= 11 is 0. The van der Waals surface area contributed by atoms with Crippen LogP contribution in [0.3, 0.4) is 0 Å². The van der Waals surface area contributed by atoms with E-state index in [4.69, 9.17) is 0 Å². The molecule has 4 aliphatic rings. The van der Waals surface area contributed by atoms with Crippen LogP contribution in [-0.2, 0) is 4.79 Å². The summed E-state index contributed by atoms with van der Waals surface area (Å²) in [7, 11) is 0. The normalized spacial score (nSPS) is 28.3. The van der Waals surface area contributed by atoms with Gasteiger partial charge in [0.25, 0.3) is 0 Å². The van der Waals surface area contributed by atoms with Gasteiger partial charge in [-0.1, -0.05) is 6.92 Å². The molecule has 2 amide bonds. The number of carboxylic acids is 1. The average Bonchev–Trinajstić information content (AvgIpc) is 3.22. The van der Waals surface area contributed by atoms with Crippen molar-refractivity contribution in [2.45, 2.75) is 76.2 Å². The summed E-state index contributed by atoms with van der Waals surface area (Å²) in [6, 6.07) is -0.0588. The molecule has 1 saturated heterocycles. The number of aromatic amines is 1. The number of carbonyl (C=O) groups excluding carboxylic acids is 1. The molecule has 3 heterocycles. The maximum atomic E-state index is 14.3. The minimum atomic E-state index is -0.739. The number of aliphatic carboxylic acids is 1. The quantitative estimate of drug-likeness (QED) is 0.572. The van der Waals surface area contributed by atoms with E-state index in [9.17, 15) is 23.5 Å². The summed E-state index contributed by atoms with van der Waals surface area (Å²) in [5.41, 5.74) is 0.590. The summed E-state index contributed by atoms with van der Waals surface area (Å²) < 4.78 is 28.3. The van der Waals surface area contributed by atoms with Gasteiger partial charge in [-0.15, -0.1) is 0 Å². The summed E-state index contributed by atoms with van der Waals surface area (Å²) in [6.45, 7) is 3.13. The number of carbonyl (C=O) groups is 2. The lowest BCUT2D eigenvalue weighted by Gasteiger charge is -2.56. The molecule has 1 atom stereocenters. The van der Waals surface area contributed by atoms with Crippen LogP contribution in [-0.4, -0.2) is 50.6 Å². The summed E-state index contributed by atoms with van der Waals surface area (Å²) in [5, 5.41) is 12.7. The fourth-order valence-corrected chi connectivity index (χ4v) is 6.68. The third kappa shape index (κ3) is 3.92. The van der Waals surface area contributed by atoms with Crippen molar-refractivity contribution in [1.82, 2.24) is 20.2 Å². The monoisotopic (exact) mass is 474 g/mol. The van der Waals surface area contributed by atoms with Crippen molar-refractivity contribution in [2.24, 2.45) is 11.3 Å². The zero-order valence-corrected chi connectivity index (χ0v) is 19.5. The minimum absolute atomic E-state index is 0.0312. The van der Waals surface area contributed by atoms with Gasteiger partial charge < -0.3 is 20.3 Å². The molecule has 34 heavy (non-hydrogen) atoms. The number of halogens is 2. The molecule has 0 radical (unpaired) electrons. The number of rotatable bonds is 5. The molecular weight excluding hydrogens is 442 g/mol. The second-order valence-corrected chi connectivity index (χ2v) is 10.7. The molecule has 0 aromatic carbocycles. The SMILES string of the molecule is CC(CC(=O)O)C12CCC(NC(=O)N3CCC(c4ncc(F)c5[nH]cc(F)c45)CC3)(CC1)CC2. The molecule has 1 unspecified atom stereocenters. The number of nitrogens with zero attached hydrogens (tertiary/aromatic N) is 2. The highest BCUT2D eigenvalue weighted by Gasteiger charge is 2.52. The van der Waals surface area contributed by atoms with E-state index in [2.05, 4.69) is 22.2 Å². The van der Waals surface area contributed by atoms with Crippen molar-refractivity contribution in [1.29, 1.82) is 0 Å². The molecule has 2 aromatic heterocycles. The Labute approximate surface area is 197 Å². The average molecular weight is 475 g/mol. The number of pyridine rings is 1. The number of nitrogens with one attached hydrogen (secondary N) is 2. The minimum Gasteiger partial charge on any atom is -0.481 e. The van der Waals surface area contributed by atoms with E-state index in [1.165, 1.54) is 0 Å². The van der Waals surface area contributed by atoms with E-state index in [0.29, 0.717) is 31.6 Å². The standard InChI is InChI=1S/C25H32F2N4O3/c1-15(12-19(32)33)24-4-7-25(8-5-24,9-6-24)30-23(34)31-10-2-16(3-11-31)21-20-17(26)13-29-22(20)18(27)14-28-21/h13-16,29H,2-12H2,1H3,(H,30,34)(H,32,33). The molecule has 1 aliphatic heterocycles. The highest BCUT2D eigenvalue weighted by atomic mass is 19.1. The third-order valence-electron chi connectivity index (χ3n) is 9.02. The predicted molar refractivity (Wildman–Crippen MR) is 122 cm³/mol. The van der Waals surface area contributed by atoms with Crippen LogP contribution in [0.4, 0.5) is 13.6 Å².